The number of thioether (sulfide) groups is 2. The summed E-state index contributed by atoms with van der Waals surface area (Å²) in [7, 11) is 0. The predicted molar refractivity (Wildman–Crippen MR) is 73.6 cm³/mol. The molecule has 0 saturated carbocycles. The summed E-state index contributed by atoms with van der Waals surface area (Å²) in [6.07, 6.45) is 0.183. The molecule has 5 heteroatoms. The van der Waals surface area contributed by atoms with Crippen LogP contribution in [0.25, 0.3) is 0 Å². The zero-order valence-corrected chi connectivity index (χ0v) is 11.1. The van der Waals surface area contributed by atoms with Gasteiger partial charge in [-0.15, -0.1) is 23.5 Å². The largest absolute Gasteiger partial charge is 0.481 e. The van der Waals surface area contributed by atoms with Crippen LogP contribution in [0.5, 0.6) is 0 Å². The van der Waals surface area contributed by atoms with Gasteiger partial charge >= 0.3 is 5.97 Å². The lowest BCUT2D eigenvalue weighted by Crippen LogP contribution is -2.13. The number of hydrogen-bond acceptors (Lipinski definition) is 4. The average molecular weight is 267 g/mol. The highest BCUT2D eigenvalue weighted by Crippen LogP contribution is 2.39. The first-order chi connectivity index (χ1) is 8.16. The maximum absolute atomic E-state index is 10.5. The number of rotatable bonds is 3. The first-order valence-electron chi connectivity index (χ1n) is 5.35. The van der Waals surface area contributed by atoms with Gasteiger partial charge in [-0.1, -0.05) is 12.1 Å². The van der Waals surface area contributed by atoms with Crippen molar-refractivity contribution < 1.29 is 9.90 Å². The highest BCUT2D eigenvalue weighted by atomic mass is 32.2. The fourth-order valence-electron chi connectivity index (χ4n) is 1.49. The Labute approximate surface area is 109 Å². The van der Waals surface area contributed by atoms with Gasteiger partial charge in [0.05, 0.1) is 22.4 Å². The molecule has 0 radical (unpaired) electrons. The van der Waals surface area contributed by atoms with E-state index < -0.39 is 5.97 Å². The lowest BCUT2D eigenvalue weighted by atomic mass is 10.3. The molecular formula is C12H13NO2S2. The molecular weight excluding hydrogens is 254 g/mol. The molecule has 1 aliphatic heterocycles. The summed E-state index contributed by atoms with van der Waals surface area (Å²) in [4.78, 5) is 16.2. The van der Waals surface area contributed by atoms with Crippen LogP contribution in [0.4, 0.5) is 5.69 Å². The van der Waals surface area contributed by atoms with E-state index >= 15 is 0 Å². The number of para-hydroxylation sites is 1. The number of benzene rings is 1. The summed E-state index contributed by atoms with van der Waals surface area (Å²) < 4.78 is 0. The minimum absolute atomic E-state index is 0.183. The van der Waals surface area contributed by atoms with Crippen molar-refractivity contribution in [2.24, 2.45) is 4.99 Å². The molecule has 1 N–H and O–H groups in total. The quantitative estimate of drug-likeness (QED) is 0.911. The molecule has 3 nitrogen and oxygen atoms in total. The van der Waals surface area contributed by atoms with E-state index in [0.717, 1.165) is 10.7 Å². The van der Waals surface area contributed by atoms with Gasteiger partial charge < -0.3 is 5.11 Å². The van der Waals surface area contributed by atoms with Crippen LogP contribution < -0.4 is 0 Å². The van der Waals surface area contributed by atoms with E-state index in [9.17, 15) is 4.79 Å². The fourth-order valence-corrected chi connectivity index (χ4v) is 3.65. The standard InChI is InChI=1S/C12H13NO2S2/c1-8-12(16-7-6-11(14)15)13-9-4-2-3-5-10(9)17-8/h2-5,8H,6-7H2,1H3,(H,14,15). The van der Waals surface area contributed by atoms with E-state index in [4.69, 9.17) is 5.11 Å². The molecule has 1 aromatic rings. The van der Waals surface area contributed by atoms with Crippen LogP contribution in [0, 0.1) is 0 Å². The van der Waals surface area contributed by atoms with E-state index in [0.29, 0.717) is 11.0 Å². The van der Waals surface area contributed by atoms with Crippen LogP contribution in [0.15, 0.2) is 34.2 Å². The first-order valence-corrected chi connectivity index (χ1v) is 7.22. The normalized spacial score (nSPS) is 18.4. The fraction of sp³-hybridized carbons (Fsp3) is 0.333. The third-order valence-corrected chi connectivity index (χ3v) is 4.79. The molecule has 0 amide bonds. The van der Waals surface area contributed by atoms with Gasteiger partial charge in [-0.25, -0.2) is 4.99 Å². The van der Waals surface area contributed by atoms with Gasteiger partial charge in [0.25, 0.3) is 0 Å². The van der Waals surface area contributed by atoms with Crippen LogP contribution >= 0.6 is 23.5 Å². The topological polar surface area (TPSA) is 49.7 Å². The minimum Gasteiger partial charge on any atom is -0.481 e. The van der Waals surface area contributed by atoms with Gasteiger partial charge in [0.2, 0.25) is 0 Å². The Morgan fingerprint density at radius 1 is 1.53 bits per heavy atom. The van der Waals surface area contributed by atoms with E-state index in [1.807, 2.05) is 18.2 Å². The van der Waals surface area contributed by atoms with Crippen molar-refractivity contribution in [3.8, 4) is 0 Å². The molecule has 1 heterocycles. The van der Waals surface area contributed by atoms with Gasteiger partial charge in [-0.3, -0.25) is 4.79 Å². The number of carboxylic acid groups (broad SMARTS) is 1. The summed E-state index contributed by atoms with van der Waals surface area (Å²) in [5, 5.41) is 9.94. The number of aliphatic carboxylic acids is 1. The monoisotopic (exact) mass is 267 g/mol. The summed E-state index contributed by atoms with van der Waals surface area (Å²) in [6, 6.07) is 8.04. The summed E-state index contributed by atoms with van der Waals surface area (Å²) in [5.74, 6) is -0.170. The molecule has 17 heavy (non-hydrogen) atoms. The van der Waals surface area contributed by atoms with Crippen molar-refractivity contribution in [3.05, 3.63) is 24.3 Å². The summed E-state index contributed by atoms with van der Waals surface area (Å²) in [5.41, 5.74) is 0.994. The number of nitrogens with zero attached hydrogens (tertiary/aromatic N) is 1. The van der Waals surface area contributed by atoms with Crippen LogP contribution in [0.1, 0.15) is 13.3 Å². The molecule has 0 saturated heterocycles. The van der Waals surface area contributed by atoms with E-state index in [-0.39, 0.29) is 6.42 Å². The van der Waals surface area contributed by atoms with E-state index in [1.54, 1.807) is 23.5 Å². The Morgan fingerprint density at radius 2 is 2.29 bits per heavy atom. The van der Waals surface area contributed by atoms with Crippen LogP contribution in [0.2, 0.25) is 0 Å². The average Bonchev–Trinajstić information content (AvgIpc) is 2.29. The van der Waals surface area contributed by atoms with Crippen LogP contribution in [-0.2, 0) is 4.79 Å². The second-order valence-electron chi connectivity index (χ2n) is 3.67. The number of fused-ring (bicyclic) bond motifs is 1. The van der Waals surface area contributed by atoms with Crippen molar-refractivity contribution in [2.75, 3.05) is 5.75 Å². The molecule has 1 aromatic carbocycles. The molecule has 0 fully saturated rings. The van der Waals surface area contributed by atoms with Crippen LogP contribution in [-0.4, -0.2) is 27.1 Å². The second kappa shape index (κ2) is 5.60. The first kappa shape index (κ1) is 12.5. The molecule has 0 spiro atoms. The molecule has 0 aliphatic carbocycles. The van der Waals surface area contributed by atoms with Gasteiger partial charge in [0.15, 0.2) is 0 Å². The molecule has 1 aliphatic rings. The molecule has 0 bridgehead atoms. The van der Waals surface area contributed by atoms with Crippen molar-refractivity contribution in [1.29, 1.82) is 0 Å². The van der Waals surface area contributed by atoms with Crippen molar-refractivity contribution in [1.82, 2.24) is 0 Å². The Hall–Kier alpha value is -0.940. The lowest BCUT2D eigenvalue weighted by Gasteiger charge is -2.20. The van der Waals surface area contributed by atoms with Crippen molar-refractivity contribution in [2.45, 2.75) is 23.5 Å². The van der Waals surface area contributed by atoms with Gasteiger partial charge in [0, 0.05) is 10.6 Å². The molecule has 90 valence electrons. The maximum Gasteiger partial charge on any atom is 0.304 e. The van der Waals surface area contributed by atoms with Gasteiger partial charge in [-0.05, 0) is 19.1 Å². The van der Waals surface area contributed by atoms with Crippen molar-refractivity contribution in [3.63, 3.8) is 0 Å². The third-order valence-electron chi connectivity index (χ3n) is 2.31. The zero-order chi connectivity index (χ0) is 12.3. The van der Waals surface area contributed by atoms with E-state index in [2.05, 4.69) is 18.0 Å². The van der Waals surface area contributed by atoms with Gasteiger partial charge in [0.1, 0.15) is 0 Å². The summed E-state index contributed by atoms with van der Waals surface area (Å²) in [6.45, 7) is 2.10. The van der Waals surface area contributed by atoms with Gasteiger partial charge in [-0.2, -0.15) is 0 Å². The Bertz CT molecular complexity index is 460. The van der Waals surface area contributed by atoms with Crippen molar-refractivity contribution >= 4 is 40.2 Å². The van der Waals surface area contributed by atoms with Crippen LogP contribution in [0.3, 0.4) is 0 Å². The molecule has 1 unspecified atom stereocenters. The molecule has 2 rings (SSSR count). The summed E-state index contributed by atoms with van der Waals surface area (Å²) >= 11 is 3.33. The smallest absolute Gasteiger partial charge is 0.304 e. The zero-order valence-electron chi connectivity index (χ0n) is 9.42. The Morgan fingerprint density at radius 3 is 3.06 bits per heavy atom. The van der Waals surface area contributed by atoms with E-state index in [1.165, 1.54) is 4.90 Å². The minimum atomic E-state index is -0.755. The Kier molecular flexibility index (Phi) is 4.12. The SMILES string of the molecule is CC1Sc2ccccc2N=C1SCCC(=O)O. The number of aliphatic imine (C=N–C) groups is 1. The highest BCUT2D eigenvalue weighted by Gasteiger charge is 2.20. The predicted octanol–water partition coefficient (Wildman–Crippen LogP) is 3.42. The molecule has 1 atom stereocenters. The molecule has 0 aromatic heterocycles. The maximum atomic E-state index is 10.5. The Balaban J connectivity index is 2.07. The third kappa shape index (κ3) is 3.26. The second-order valence-corrected chi connectivity index (χ2v) is 6.17. The number of hydrogen-bond donors (Lipinski definition) is 1. The number of carbonyl (C=O) groups is 1. The lowest BCUT2D eigenvalue weighted by molar-refractivity contribution is -0.136. The highest BCUT2D eigenvalue weighted by molar-refractivity contribution is 8.16. The number of carboxylic acids is 1.